The predicted molar refractivity (Wildman–Crippen MR) is 72.3 cm³/mol. The van der Waals surface area contributed by atoms with Crippen LogP contribution in [0.5, 0.6) is 5.75 Å². The van der Waals surface area contributed by atoms with E-state index < -0.39 is 0 Å². The van der Waals surface area contributed by atoms with Crippen LogP contribution in [-0.2, 0) is 0 Å². The zero-order valence-electron chi connectivity index (χ0n) is 9.81. The molecule has 2 rings (SSSR count). The molecular weight excluding hydrogens is 250 g/mol. The number of anilines is 1. The van der Waals surface area contributed by atoms with Crippen LogP contribution >= 0.6 is 11.6 Å². The first-order valence-electron chi connectivity index (χ1n) is 5.35. The number of nitrogens with two attached hydrogens (primary N) is 1. The lowest BCUT2D eigenvalue weighted by molar-refractivity contribution is 0.103. The maximum absolute atomic E-state index is 12.2. The number of benzene rings is 2. The van der Waals surface area contributed by atoms with E-state index in [0.717, 1.165) is 0 Å². The molecule has 0 amide bonds. The second-order valence-corrected chi connectivity index (χ2v) is 4.23. The van der Waals surface area contributed by atoms with Gasteiger partial charge >= 0.3 is 0 Å². The Kier molecular flexibility index (Phi) is 3.53. The zero-order chi connectivity index (χ0) is 13.1. The maximum atomic E-state index is 12.2. The van der Waals surface area contributed by atoms with E-state index in [0.29, 0.717) is 27.6 Å². The summed E-state index contributed by atoms with van der Waals surface area (Å²) < 4.78 is 5.05. The minimum absolute atomic E-state index is 0.119. The van der Waals surface area contributed by atoms with Gasteiger partial charge in [-0.2, -0.15) is 0 Å². The number of carbonyl (C=O) groups excluding carboxylic acids is 1. The maximum Gasteiger partial charge on any atom is 0.193 e. The van der Waals surface area contributed by atoms with Crippen LogP contribution in [0.4, 0.5) is 5.69 Å². The highest BCUT2D eigenvalue weighted by Crippen LogP contribution is 2.24. The van der Waals surface area contributed by atoms with Gasteiger partial charge in [0.2, 0.25) is 0 Å². The van der Waals surface area contributed by atoms with Crippen molar-refractivity contribution < 1.29 is 9.53 Å². The summed E-state index contributed by atoms with van der Waals surface area (Å²) in [6, 6.07) is 11.8. The van der Waals surface area contributed by atoms with Crippen molar-refractivity contribution in [2.24, 2.45) is 0 Å². The number of nitrogen functional groups attached to an aromatic ring is 1. The van der Waals surface area contributed by atoms with Crippen LogP contribution in [0, 0.1) is 0 Å². The molecule has 0 unspecified atom stereocenters. The Morgan fingerprint density at radius 1 is 1.17 bits per heavy atom. The first-order chi connectivity index (χ1) is 8.61. The van der Waals surface area contributed by atoms with Crippen molar-refractivity contribution in [3.63, 3.8) is 0 Å². The summed E-state index contributed by atoms with van der Waals surface area (Å²) >= 11 is 5.86. The first kappa shape index (κ1) is 12.5. The first-order valence-corrected chi connectivity index (χ1v) is 5.73. The minimum Gasteiger partial charge on any atom is -0.495 e. The van der Waals surface area contributed by atoms with Crippen molar-refractivity contribution in [1.29, 1.82) is 0 Å². The number of ketones is 1. The van der Waals surface area contributed by atoms with E-state index in [-0.39, 0.29) is 5.78 Å². The lowest BCUT2D eigenvalue weighted by atomic mass is 10.0. The fourth-order valence-electron chi connectivity index (χ4n) is 1.67. The third-order valence-electron chi connectivity index (χ3n) is 2.58. The summed E-state index contributed by atoms with van der Waals surface area (Å²) in [4.78, 5) is 12.2. The topological polar surface area (TPSA) is 52.3 Å². The Bertz CT molecular complexity index is 596. The molecule has 18 heavy (non-hydrogen) atoms. The van der Waals surface area contributed by atoms with E-state index in [9.17, 15) is 4.79 Å². The Labute approximate surface area is 110 Å². The zero-order valence-corrected chi connectivity index (χ0v) is 10.6. The predicted octanol–water partition coefficient (Wildman–Crippen LogP) is 3.16. The second-order valence-electron chi connectivity index (χ2n) is 3.80. The summed E-state index contributed by atoms with van der Waals surface area (Å²) in [7, 11) is 1.53. The fraction of sp³-hybridized carbons (Fsp3) is 0.0714. The Balaban J connectivity index is 2.37. The number of ether oxygens (including phenoxy) is 1. The SMILES string of the molecule is COc1ccc(C(=O)c2cccc(Cl)c2)cc1N. The minimum atomic E-state index is -0.119. The molecule has 3 nitrogen and oxygen atoms in total. The van der Waals surface area contributed by atoms with Gasteiger partial charge in [0.1, 0.15) is 5.75 Å². The van der Waals surface area contributed by atoms with Crippen LogP contribution in [0.15, 0.2) is 42.5 Å². The van der Waals surface area contributed by atoms with E-state index in [2.05, 4.69) is 0 Å². The standard InChI is InChI=1S/C14H12ClNO2/c1-18-13-6-5-10(8-12(13)16)14(17)9-3-2-4-11(15)7-9/h2-8H,16H2,1H3. The molecule has 0 aliphatic carbocycles. The van der Waals surface area contributed by atoms with Gasteiger partial charge in [-0.05, 0) is 30.3 Å². The number of carbonyl (C=O) groups is 1. The molecule has 0 atom stereocenters. The van der Waals surface area contributed by atoms with Gasteiger partial charge in [-0.3, -0.25) is 4.79 Å². The van der Waals surface area contributed by atoms with E-state index >= 15 is 0 Å². The molecule has 0 fully saturated rings. The van der Waals surface area contributed by atoms with Gasteiger partial charge in [0.25, 0.3) is 0 Å². The molecule has 0 aromatic heterocycles. The van der Waals surface area contributed by atoms with E-state index in [1.54, 1.807) is 42.5 Å². The van der Waals surface area contributed by atoms with Crippen LogP contribution in [0.1, 0.15) is 15.9 Å². The molecule has 0 bridgehead atoms. The molecule has 2 N–H and O–H groups in total. The monoisotopic (exact) mass is 261 g/mol. The molecule has 0 aliphatic rings. The lowest BCUT2D eigenvalue weighted by Crippen LogP contribution is -2.03. The van der Waals surface area contributed by atoms with Gasteiger partial charge in [-0.1, -0.05) is 23.7 Å². The molecule has 0 heterocycles. The van der Waals surface area contributed by atoms with Gasteiger partial charge in [-0.15, -0.1) is 0 Å². The van der Waals surface area contributed by atoms with Gasteiger partial charge in [0, 0.05) is 16.1 Å². The van der Waals surface area contributed by atoms with Gasteiger partial charge in [0.15, 0.2) is 5.78 Å². The number of rotatable bonds is 3. The van der Waals surface area contributed by atoms with Crippen LogP contribution in [-0.4, -0.2) is 12.9 Å². The van der Waals surface area contributed by atoms with Crippen molar-refractivity contribution in [3.05, 3.63) is 58.6 Å². The molecular formula is C14H12ClNO2. The van der Waals surface area contributed by atoms with Crippen molar-refractivity contribution in [1.82, 2.24) is 0 Å². The number of hydrogen-bond donors (Lipinski definition) is 1. The third-order valence-corrected chi connectivity index (χ3v) is 2.81. The fourth-order valence-corrected chi connectivity index (χ4v) is 1.86. The van der Waals surface area contributed by atoms with Crippen molar-refractivity contribution in [2.45, 2.75) is 0 Å². The molecule has 4 heteroatoms. The average molecular weight is 262 g/mol. The van der Waals surface area contributed by atoms with Crippen LogP contribution in [0.2, 0.25) is 5.02 Å². The molecule has 92 valence electrons. The van der Waals surface area contributed by atoms with Gasteiger partial charge < -0.3 is 10.5 Å². The second kappa shape index (κ2) is 5.10. The third kappa shape index (κ3) is 2.46. The normalized spacial score (nSPS) is 10.1. The quantitative estimate of drug-likeness (QED) is 0.682. The largest absolute Gasteiger partial charge is 0.495 e. The van der Waals surface area contributed by atoms with Gasteiger partial charge in [0.05, 0.1) is 12.8 Å². The highest BCUT2D eigenvalue weighted by molar-refractivity contribution is 6.31. The molecule has 0 saturated carbocycles. The average Bonchev–Trinajstić information content (AvgIpc) is 2.37. The summed E-state index contributed by atoms with van der Waals surface area (Å²) in [6.45, 7) is 0. The summed E-state index contributed by atoms with van der Waals surface area (Å²) in [5.74, 6) is 0.435. The van der Waals surface area contributed by atoms with Crippen LogP contribution in [0.25, 0.3) is 0 Å². The van der Waals surface area contributed by atoms with Crippen molar-refractivity contribution in [2.75, 3.05) is 12.8 Å². The molecule has 0 spiro atoms. The molecule has 0 saturated heterocycles. The van der Waals surface area contributed by atoms with Crippen molar-refractivity contribution >= 4 is 23.1 Å². The summed E-state index contributed by atoms with van der Waals surface area (Å²) in [5, 5.41) is 0.530. The molecule has 0 aliphatic heterocycles. The van der Waals surface area contributed by atoms with Crippen molar-refractivity contribution in [3.8, 4) is 5.75 Å². The number of methoxy groups -OCH3 is 1. The van der Waals surface area contributed by atoms with Crippen LogP contribution < -0.4 is 10.5 Å². The number of halogens is 1. The molecule has 0 radical (unpaired) electrons. The van der Waals surface area contributed by atoms with E-state index in [1.807, 2.05) is 0 Å². The summed E-state index contributed by atoms with van der Waals surface area (Å²) in [6.07, 6.45) is 0. The van der Waals surface area contributed by atoms with Gasteiger partial charge in [-0.25, -0.2) is 0 Å². The van der Waals surface area contributed by atoms with E-state index in [4.69, 9.17) is 22.1 Å². The number of hydrogen-bond acceptors (Lipinski definition) is 3. The highest BCUT2D eigenvalue weighted by Gasteiger charge is 2.11. The molecule has 2 aromatic carbocycles. The van der Waals surface area contributed by atoms with E-state index in [1.165, 1.54) is 7.11 Å². The smallest absolute Gasteiger partial charge is 0.193 e. The molecule has 2 aromatic rings. The Morgan fingerprint density at radius 3 is 2.50 bits per heavy atom. The van der Waals surface area contributed by atoms with Crippen LogP contribution in [0.3, 0.4) is 0 Å². The Hall–Kier alpha value is -2.00. The summed E-state index contributed by atoms with van der Waals surface area (Å²) in [5.41, 5.74) is 7.25. The lowest BCUT2D eigenvalue weighted by Gasteiger charge is -2.06. The highest BCUT2D eigenvalue weighted by atomic mass is 35.5. The Morgan fingerprint density at radius 2 is 1.89 bits per heavy atom.